The molecule has 4 rings (SSSR count). The smallest absolute Gasteiger partial charge is 0.201 e. The second-order valence-electron chi connectivity index (χ2n) is 8.76. The highest BCUT2D eigenvalue weighted by Gasteiger charge is 2.44. The molecule has 0 bridgehead atoms. The zero-order chi connectivity index (χ0) is 21.1. The molecule has 2 aromatic rings. The molecule has 0 radical (unpaired) electrons. The van der Waals surface area contributed by atoms with Crippen molar-refractivity contribution in [2.75, 3.05) is 6.61 Å². The summed E-state index contributed by atoms with van der Waals surface area (Å²) in [5.41, 5.74) is 2.34. The third kappa shape index (κ3) is 4.04. The van der Waals surface area contributed by atoms with Crippen molar-refractivity contribution in [2.24, 2.45) is 17.8 Å². The lowest BCUT2D eigenvalue weighted by Gasteiger charge is -2.20. The van der Waals surface area contributed by atoms with Crippen LogP contribution in [0.25, 0.3) is 11.1 Å². The predicted molar refractivity (Wildman–Crippen MR) is 119 cm³/mol. The number of fused-ring (bicyclic) bond motifs is 1. The average Bonchev–Trinajstić information content (AvgIpc) is 3.35. The van der Waals surface area contributed by atoms with Gasteiger partial charge in [0.2, 0.25) is 5.82 Å². The molecule has 0 aromatic heterocycles. The highest BCUT2D eigenvalue weighted by molar-refractivity contribution is 5.65. The third-order valence-corrected chi connectivity index (χ3v) is 7.10. The second kappa shape index (κ2) is 9.32. The molecule has 0 heterocycles. The van der Waals surface area contributed by atoms with Gasteiger partial charge in [0.1, 0.15) is 0 Å². The van der Waals surface area contributed by atoms with Crippen molar-refractivity contribution in [2.45, 2.75) is 58.3 Å². The van der Waals surface area contributed by atoms with Gasteiger partial charge < -0.3 is 4.74 Å². The van der Waals surface area contributed by atoms with Gasteiger partial charge in [-0.05, 0) is 86.0 Å². The first-order valence-corrected chi connectivity index (χ1v) is 11.5. The minimum absolute atomic E-state index is 0.0314. The van der Waals surface area contributed by atoms with Gasteiger partial charge >= 0.3 is 0 Å². The van der Waals surface area contributed by atoms with Crippen molar-refractivity contribution in [3.63, 3.8) is 0 Å². The van der Waals surface area contributed by atoms with E-state index in [1.165, 1.54) is 50.2 Å². The summed E-state index contributed by atoms with van der Waals surface area (Å²) >= 11 is 0. The standard InChI is InChI=1S/C27H32F2O/c1-3-5-6-7-18-12-13-24-21(18)14-15-22(24)19-8-10-20(11-9-19)23-16-17-25(30-4-2)27(29)26(23)28/h6-11,16-18,21-22,24H,3-5,12-15H2,1-2H3. The van der Waals surface area contributed by atoms with Crippen LogP contribution in [0.15, 0.2) is 48.6 Å². The van der Waals surface area contributed by atoms with E-state index in [2.05, 4.69) is 31.2 Å². The average molecular weight is 411 g/mol. The summed E-state index contributed by atoms with van der Waals surface area (Å²) in [6, 6.07) is 11.2. The van der Waals surface area contributed by atoms with Crippen LogP contribution in [0.5, 0.6) is 5.75 Å². The number of benzene rings is 2. The maximum absolute atomic E-state index is 14.6. The molecule has 1 nitrogen and oxygen atoms in total. The van der Waals surface area contributed by atoms with E-state index in [9.17, 15) is 8.78 Å². The Hall–Kier alpha value is -2.16. The van der Waals surface area contributed by atoms with Gasteiger partial charge in [-0.2, -0.15) is 4.39 Å². The monoisotopic (exact) mass is 410 g/mol. The second-order valence-corrected chi connectivity index (χ2v) is 8.76. The quantitative estimate of drug-likeness (QED) is 0.421. The first kappa shape index (κ1) is 21.1. The third-order valence-electron chi connectivity index (χ3n) is 7.10. The molecule has 160 valence electrons. The minimum atomic E-state index is -0.912. The van der Waals surface area contributed by atoms with E-state index >= 15 is 0 Å². The molecular weight excluding hydrogens is 378 g/mol. The summed E-state index contributed by atoms with van der Waals surface area (Å²) in [6.45, 7) is 4.29. The number of hydrogen-bond donors (Lipinski definition) is 0. The van der Waals surface area contributed by atoms with Crippen LogP contribution in [0.1, 0.15) is 63.9 Å². The molecule has 0 spiro atoms. The molecule has 0 N–H and O–H groups in total. The molecule has 2 saturated carbocycles. The summed E-state index contributed by atoms with van der Waals surface area (Å²) in [7, 11) is 0. The van der Waals surface area contributed by atoms with Crippen molar-refractivity contribution in [1.82, 2.24) is 0 Å². The lowest BCUT2D eigenvalue weighted by Crippen LogP contribution is -2.11. The van der Waals surface area contributed by atoms with Crippen molar-refractivity contribution in [1.29, 1.82) is 0 Å². The summed E-state index contributed by atoms with van der Waals surface area (Å²) in [4.78, 5) is 0. The van der Waals surface area contributed by atoms with E-state index in [0.717, 1.165) is 17.8 Å². The van der Waals surface area contributed by atoms with E-state index in [1.54, 1.807) is 13.0 Å². The zero-order valence-electron chi connectivity index (χ0n) is 18.0. The van der Waals surface area contributed by atoms with Gasteiger partial charge in [0, 0.05) is 5.56 Å². The Morgan fingerprint density at radius 2 is 1.67 bits per heavy atom. The predicted octanol–water partition coefficient (Wildman–Crippen LogP) is 7.91. The largest absolute Gasteiger partial charge is 0.491 e. The number of allylic oxidation sites excluding steroid dienone is 2. The van der Waals surface area contributed by atoms with Crippen molar-refractivity contribution < 1.29 is 13.5 Å². The maximum atomic E-state index is 14.6. The molecule has 0 saturated heterocycles. The van der Waals surface area contributed by atoms with Crippen LogP contribution in [0.2, 0.25) is 0 Å². The van der Waals surface area contributed by atoms with Gasteiger partial charge in [-0.25, -0.2) is 4.39 Å². The number of halogens is 2. The van der Waals surface area contributed by atoms with Gasteiger partial charge in [-0.3, -0.25) is 0 Å². The lowest BCUT2D eigenvalue weighted by atomic mass is 9.84. The van der Waals surface area contributed by atoms with Crippen molar-refractivity contribution in [3.8, 4) is 16.9 Å². The van der Waals surface area contributed by atoms with E-state index in [-0.39, 0.29) is 11.3 Å². The van der Waals surface area contributed by atoms with Crippen LogP contribution < -0.4 is 4.74 Å². The molecule has 2 aromatic carbocycles. The van der Waals surface area contributed by atoms with Crippen molar-refractivity contribution in [3.05, 3.63) is 65.7 Å². The van der Waals surface area contributed by atoms with Crippen LogP contribution in [-0.2, 0) is 0 Å². The van der Waals surface area contributed by atoms with Crippen LogP contribution in [0.3, 0.4) is 0 Å². The Labute approximate surface area is 179 Å². The summed E-state index contributed by atoms with van der Waals surface area (Å²) in [5, 5.41) is 0. The summed E-state index contributed by atoms with van der Waals surface area (Å²) in [5.74, 6) is 1.11. The molecule has 2 fully saturated rings. The number of hydrogen-bond acceptors (Lipinski definition) is 1. The van der Waals surface area contributed by atoms with Gasteiger partial charge in [-0.1, -0.05) is 49.8 Å². The molecule has 2 aliphatic carbocycles. The normalized spacial score (nSPS) is 25.7. The van der Waals surface area contributed by atoms with E-state index in [0.29, 0.717) is 18.1 Å². The fourth-order valence-electron chi connectivity index (χ4n) is 5.67. The molecule has 3 heteroatoms. The molecule has 0 amide bonds. The lowest BCUT2D eigenvalue weighted by molar-refractivity contribution is 0.314. The summed E-state index contributed by atoms with van der Waals surface area (Å²) < 4.78 is 34.0. The van der Waals surface area contributed by atoms with E-state index in [1.807, 2.05) is 12.1 Å². The topological polar surface area (TPSA) is 9.23 Å². The highest BCUT2D eigenvalue weighted by Crippen LogP contribution is 2.54. The van der Waals surface area contributed by atoms with E-state index < -0.39 is 11.6 Å². The van der Waals surface area contributed by atoms with Crippen LogP contribution >= 0.6 is 0 Å². The molecule has 2 aliphatic rings. The Bertz CT molecular complexity index is 886. The molecule has 0 aliphatic heterocycles. The van der Waals surface area contributed by atoms with Gasteiger partial charge in [0.25, 0.3) is 0 Å². The summed E-state index contributed by atoms with van der Waals surface area (Å²) in [6.07, 6.45) is 12.4. The molecule has 4 unspecified atom stereocenters. The Morgan fingerprint density at radius 1 is 0.900 bits per heavy atom. The fourth-order valence-corrected chi connectivity index (χ4v) is 5.67. The van der Waals surface area contributed by atoms with Gasteiger partial charge in [-0.15, -0.1) is 0 Å². The zero-order valence-corrected chi connectivity index (χ0v) is 18.0. The Balaban J connectivity index is 1.49. The maximum Gasteiger partial charge on any atom is 0.201 e. The first-order chi connectivity index (χ1) is 14.6. The molecule has 30 heavy (non-hydrogen) atoms. The molecule has 4 atom stereocenters. The van der Waals surface area contributed by atoms with Crippen molar-refractivity contribution >= 4 is 0 Å². The number of ether oxygens (including phenoxy) is 1. The molecular formula is C27H32F2O. The number of unbranched alkanes of at least 4 members (excludes halogenated alkanes) is 1. The van der Waals surface area contributed by atoms with Crippen LogP contribution in [0.4, 0.5) is 8.78 Å². The Kier molecular flexibility index (Phi) is 6.55. The van der Waals surface area contributed by atoms with Crippen LogP contribution in [0, 0.1) is 29.4 Å². The van der Waals surface area contributed by atoms with Gasteiger partial charge in [0.05, 0.1) is 6.61 Å². The van der Waals surface area contributed by atoms with E-state index in [4.69, 9.17) is 4.74 Å². The highest BCUT2D eigenvalue weighted by atomic mass is 19.2. The SMILES string of the molecule is CCCC=CC1CCC2C(c3ccc(-c4ccc(OCC)c(F)c4F)cc3)CCC12. The first-order valence-electron chi connectivity index (χ1n) is 11.5. The fraction of sp³-hybridized carbons (Fsp3) is 0.481. The van der Waals surface area contributed by atoms with Gasteiger partial charge in [0.15, 0.2) is 11.6 Å². The Morgan fingerprint density at radius 3 is 2.40 bits per heavy atom. The number of rotatable bonds is 7. The van der Waals surface area contributed by atoms with Crippen LogP contribution in [-0.4, -0.2) is 6.61 Å². The minimum Gasteiger partial charge on any atom is -0.491 e.